The Kier molecular flexibility index (Phi) is 6.49. The van der Waals surface area contributed by atoms with Gasteiger partial charge in [0, 0.05) is 28.5 Å². The standard InChI is InChI=1S/C15H22ClNO2S/c1-2-8-17-14-7-9-19-10-15(14)20(18)11-12-5-3-4-6-13(12)16/h3-6,14-15,17H,2,7-11H2,1H3. The van der Waals surface area contributed by atoms with Gasteiger partial charge in [-0.25, -0.2) is 0 Å². The van der Waals surface area contributed by atoms with Crippen LogP contribution < -0.4 is 5.32 Å². The highest BCUT2D eigenvalue weighted by Gasteiger charge is 2.30. The molecule has 1 heterocycles. The molecule has 5 heteroatoms. The lowest BCUT2D eigenvalue weighted by Crippen LogP contribution is -2.49. The van der Waals surface area contributed by atoms with Crippen molar-refractivity contribution >= 4 is 22.4 Å². The van der Waals surface area contributed by atoms with Gasteiger partial charge in [0.25, 0.3) is 0 Å². The van der Waals surface area contributed by atoms with E-state index in [-0.39, 0.29) is 11.3 Å². The molecule has 0 saturated carbocycles. The Balaban J connectivity index is 2.00. The average Bonchev–Trinajstić information content (AvgIpc) is 2.47. The van der Waals surface area contributed by atoms with Gasteiger partial charge < -0.3 is 10.1 Å². The predicted molar refractivity (Wildman–Crippen MR) is 84.6 cm³/mol. The van der Waals surface area contributed by atoms with Gasteiger partial charge in [-0.1, -0.05) is 36.7 Å². The zero-order valence-electron chi connectivity index (χ0n) is 11.8. The SMILES string of the molecule is CCCNC1CCOCC1S(=O)Cc1ccccc1Cl. The smallest absolute Gasteiger partial charge is 0.0738 e. The van der Waals surface area contributed by atoms with E-state index in [0.717, 1.165) is 31.6 Å². The summed E-state index contributed by atoms with van der Waals surface area (Å²) in [4.78, 5) is 0. The van der Waals surface area contributed by atoms with Crippen LogP contribution in [0.4, 0.5) is 0 Å². The second kappa shape index (κ2) is 8.13. The van der Waals surface area contributed by atoms with Crippen LogP contribution in [0.1, 0.15) is 25.3 Å². The fraction of sp³-hybridized carbons (Fsp3) is 0.600. The van der Waals surface area contributed by atoms with Crippen molar-refractivity contribution in [3.63, 3.8) is 0 Å². The first-order valence-electron chi connectivity index (χ1n) is 7.14. The van der Waals surface area contributed by atoms with Gasteiger partial charge in [-0.3, -0.25) is 4.21 Å². The number of hydrogen-bond donors (Lipinski definition) is 1. The Labute approximate surface area is 128 Å². The molecule has 0 radical (unpaired) electrons. The molecule has 112 valence electrons. The van der Waals surface area contributed by atoms with Crippen LogP contribution in [0.2, 0.25) is 5.02 Å². The lowest BCUT2D eigenvalue weighted by atomic mass is 10.1. The largest absolute Gasteiger partial charge is 0.380 e. The van der Waals surface area contributed by atoms with E-state index in [2.05, 4.69) is 12.2 Å². The molecule has 0 aliphatic carbocycles. The van der Waals surface area contributed by atoms with Crippen LogP contribution in [-0.4, -0.2) is 35.3 Å². The van der Waals surface area contributed by atoms with Gasteiger partial charge in [-0.05, 0) is 31.0 Å². The number of benzene rings is 1. The summed E-state index contributed by atoms with van der Waals surface area (Å²) in [5.41, 5.74) is 0.951. The van der Waals surface area contributed by atoms with E-state index < -0.39 is 10.8 Å². The van der Waals surface area contributed by atoms with Gasteiger partial charge in [-0.15, -0.1) is 0 Å². The quantitative estimate of drug-likeness (QED) is 0.877. The molecule has 1 aliphatic rings. The number of halogens is 1. The Morgan fingerprint density at radius 3 is 3.00 bits per heavy atom. The Morgan fingerprint density at radius 1 is 1.45 bits per heavy atom. The summed E-state index contributed by atoms with van der Waals surface area (Å²) >= 11 is 6.15. The first-order chi connectivity index (χ1) is 9.72. The molecule has 3 unspecified atom stereocenters. The second-order valence-electron chi connectivity index (χ2n) is 5.08. The van der Waals surface area contributed by atoms with E-state index in [0.29, 0.717) is 17.4 Å². The van der Waals surface area contributed by atoms with Gasteiger partial charge in [0.05, 0.1) is 17.6 Å². The third-order valence-electron chi connectivity index (χ3n) is 3.55. The molecular formula is C15H22ClNO2S. The van der Waals surface area contributed by atoms with Crippen LogP contribution >= 0.6 is 11.6 Å². The lowest BCUT2D eigenvalue weighted by Gasteiger charge is -2.31. The molecule has 0 spiro atoms. The Morgan fingerprint density at radius 2 is 2.25 bits per heavy atom. The molecule has 1 N–H and O–H groups in total. The normalized spacial score (nSPS) is 24.5. The van der Waals surface area contributed by atoms with E-state index in [9.17, 15) is 4.21 Å². The average molecular weight is 316 g/mol. The molecule has 0 bridgehead atoms. The minimum atomic E-state index is -0.973. The van der Waals surface area contributed by atoms with Crippen LogP contribution in [-0.2, 0) is 21.3 Å². The van der Waals surface area contributed by atoms with Gasteiger partial charge in [-0.2, -0.15) is 0 Å². The molecule has 1 aromatic rings. The van der Waals surface area contributed by atoms with Crippen LogP contribution in [0.25, 0.3) is 0 Å². The van der Waals surface area contributed by atoms with Crippen LogP contribution in [0.3, 0.4) is 0 Å². The molecular weight excluding hydrogens is 294 g/mol. The van der Waals surface area contributed by atoms with E-state index in [4.69, 9.17) is 16.3 Å². The van der Waals surface area contributed by atoms with Crippen LogP contribution in [0, 0.1) is 0 Å². The number of nitrogens with one attached hydrogen (secondary N) is 1. The van der Waals surface area contributed by atoms with E-state index in [1.807, 2.05) is 24.3 Å². The summed E-state index contributed by atoms with van der Waals surface area (Å²) in [5, 5.41) is 4.23. The minimum Gasteiger partial charge on any atom is -0.380 e. The molecule has 3 atom stereocenters. The Bertz CT molecular complexity index is 455. The Hall–Kier alpha value is -0.420. The summed E-state index contributed by atoms with van der Waals surface area (Å²) in [6.45, 7) is 4.42. The van der Waals surface area contributed by atoms with Crippen molar-refractivity contribution in [1.29, 1.82) is 0 Å². The maximum atomic E-state index is 12.6. The molecule has 0 aromatic heterocycles. The summed E-state index contributed by atoms with van der Waals surface area (Å²) in [6, 6.07) is 7.90. The minimum absolute atomic E-state index is 0.0478. The van der Waals surface area contributed by atoms with E-state index in [1.54, 1.807) is 0 Å². The van der Waals surface area contributed by atoms with E-state index >= 15 is 0 Å². The molecule has 2 rings (SSSR count). The summed E-state index contributed by atoms with van der Waals surface area (Å²) in [6.07, 6.45) is 2.01. The molecule has 1 aliphatic heterocycles. The van der Waals surface area contributed by atoms with E-state index in [1.165, 1.54) is 0 Å². The first kappa shape index (κ1) is 16.0. The fourth-order valence-electron chi connectivity index (χ4n) is 2.41. The first-order valence-corrected chi connectivity index (χ1v) is 8.90. The third-order valence-corrected chi connectivity index (χ3v) is 5.66. The van der Waals surface area contributed by atoms with Crippen molar-refractivity contribution in [3.05, 3.63) is 34.9 Å². The van der Waals surface area contributed by atoms with Gasteiger partial charge in [0.2, 0.25) is 0 Å². The molecule has 1 fully saturated rings. The van der Waals surface area contributed by atoms with Crippen molar-refractivity contribution in [2.24, 2.45) is 0 Å². The topological polar surface area (TPSA) is 38.3 Å². The van der Waals surface area contributed by atoms with Gasteiger partial charge >= 0.3 is 0 Å². The summed E-state index contributed by atoms with van der Waals surface area (Å²) in [5.74, 6) is 0.498. The highest BCUT2D eigenvalue weighted by molar-refractivity contribution is 7.85. The molecule has 1 saturated heterocycles. The van der Waals surface area contributed by atoms with Crippen LogP contribution in [0.15, 0.2) is 24.3 Å². The lowest BCUT2D eigenvalue weighted by molar-refractivity contribution is 0.0820. The summed E-state index contributed by atoms with van der Waals surface area (Å²) < 4.78 is 18.1. The number of ether oxygens (including phenoxy) is 1. The van der Waals surface area contributed by atoms with Gasteiger partial charge in [0.1, 0.15) is 0 Å². The van der Waals surface area contributed by atoms with Crippen LogP contribution in [0.5, 0.6) is 0 Å². The fourth-order valence-corrected chi connectivity index (χ4v) is 4.31. The number of hydrogen-bond acceptors (Lipinski definition) is 3. The highest BCUT2D eigenvalue weighted by Crippen LogP contribution is 2.21. The molecule has 3 nitrogen and oxygen atoms in total. The zero-order valence-corrected chi connectivity index (χ0v) is 13.4. The molecule has 0 amide bonds. The van der Waals surface area contributed by atoms with Crippen molar-refractivity contribution in [3.8, 4) is 0 Å². The van der Waals surface area contributed by atoms with Crippen molar-refractivity contribution in [2.45, 2.75) is 36.8 Å². The molecule has 1 aromatic carbocycles. The maximum absolute atomic E-state index is 12.6. The highest BCUT2D eigenvalue weighted by atomic mass is 35.5. The van der Waals surface area contributed by atoms with Crippen molar-refractivity contribution < 1.29 is 8.95 Å². The van der Waals surface area contributed by atoms with Crippen molar-refractivity contribution in [1.82, 2.24) is 5.32 Å². The molecule has 20 heavy (non-hydrogen) atoms. The van der Waals surface area contributed by atoms with Crippen molar-refractivity contribution in [2.75, 3.05) is 19.8 Å². The predicted octanol–water partition coefficient (Wildman–Crippen LogP) is 2.75. The third kappa shape index (κ3) is 4.29. The number of rotatable bonds is 6. The maximum Gasteiger partial charge on any atom is 0.0738 e. The summed E-state index contributed by atoms with van der Waals surface area (Å²) in [7, 11) is -0.973. The second-order valence-corrected chi connectivity index (χ2v) is 7.14. The van der Waals surface area contributed by atoms with Gasteiger partial charge in [0.15, 0.2) is 0 Å². The zero-order chi connectivity index (χ0) is 14.4. The monoisotopic (exact) mass is 315 g/mol.